The van der Waals surface area contributed by atoms with Crippen molar-refractivity contribution in [1.29, 1.82) is 0 Å². The fourth-order valence-corrected chi connectivity index (χ4v) is 2.56. The molecule has 3 rings (SSSR count). The van der Waals surface area contributed by atoms with Gasteiger partial charge in [-0.2, -0.15) is 0 Å². The molecule has 0 spiro atoms. The first-order valence-corrected chi connectivity index (χ1v) is 6.92. The molecule has 1 N–H and O–H groups in total. The maximum absolute atomic E-state index is 11.5. The van der Waals surface area contributed by atoms with Crippen LogP contribution in [0.15, 0.2) is 54.6 Å². The predicted molar refractivity (Wildman–Crippen MR) is 86.4 cm³/mol. The average Bonchev–Trinajstić information content (AvgIpc) is 2.54. The van der Waals surface area contributed by atoms with E-state index in [1.165, 1.54) is 6.07 Å². The molecule has 0 saturated heterocycles. The SMILES string of the molecule is CC(=O)c1cccc(-c2ccc3c(C=O)c(O)ccc3c2)c1. The minimum Gasteiger partial charge on any atom is -0.507 e. The predicted octanol–water partition coefficient (Wildman–Crippen LogP) is 4.23. The number of Topliss-reactive ketones (excluding diaryl/α,β-unsaturated/α-hetero) is 1. The van der Waals surface area contributed by atoms with Crippen molar-refractivity contribution in [3.63, 3.8) is 0 Å². The Kier molecular flexibility index (Phi) is 3.47. The maximum atomic E-state index is 11.5. The van der Waals surface area contributed by atoms with Crippen LogP contribution in [0.1, 0.15) is 27.6 Å². The van der Waals surface area contributed by atoms with Gasteiger partial charge in [0.25, 0.3) is 0 Å². The van der Waals surface area contributed by atoms with Crippen LogP contribution in [-0.4, -0.2) is 17.2 Å². The lowest BCUT2D eigenvalue weighted by atomic mass is 9.97. The number of hydrogen-bond donors (Lipinski definition) is 1. The van der Waals surface area contributed by atoms with Crippen LogP contribution in [0.4, 0.5) is 0 Å². The molecule has 0 aromatic heterocycles. The van der Waals surface area contributed by atoms with E-state index in [1.807, 2.05) is 36.4 Å². The van der Waals surface area contributed by atoms with Crippen molar-refractivity contribution < 1.29 is 14.7 Å². The third-order valence-electron chi connectivity index (χ3n) is 3.76. The third kappa shape index (κ3) is 2.37. The van der Waals surface area contributed by atoms with Crippen LogP contribution in [0.2, 0.25) is 0 Å². The lowest BCUT2D eigenvalue weighted by Crippen LogP contribution is -1.92. The van der Waals surface area contributed by atoms with Crippen molar-refractivity contribution in [2.24, 2.45) is 0 Å². The summed E-state index contributed by atoms with van der Waals surface area (Å²) in [7, 11) is 0. The highest BCUT2D eigenvalue weighted by molar-refractivity contribution is 6.02. The average molecular weight is 290 g/mol. The summed E-state index contributed by atoms with van der Waals surface area (Å²) in [6.45, 7) is 1.54. The summed E-state index contributed by atoms with van der Waals surface area (Å²) in [5.41, 5.74) is 2.85. The molecule has 0 amide bonds. The zero-order valence-corrected chi connectivity index (χ0v) is 12.0. The highest BCUT2D eigenvalue weighted by Crippen LogP contribution is 2.30. The molecule has 0 bridgehead atoms. The Balaban J connectivity index is 2.17. The molecule has 0 saturated carbocycles. The summed E-state index contributed by atoms with van der Waals surface area (Å²) in [4.78, 5) is 22.6. The van der Waals surface area contributed by atoms with Gasteiger partial charge in [0, 0.05) is 5.56 Å². The molecule has 3 heteroatoms. The number of rotatable bonds is 3. The molecular formula is C19H14O3. The van der Waals surface area contributed by atoms with Gasteiger partial charge < -0.3 is 5.11 Å². The van der Waals surface area contributed by atoms with E-state index in [0.29, 0.717) is 22.8 Å². The minimum absolute atomic E-state index is 0.0196. The minimum atomic E-state index is -0.0196. The van der Waals surface area contributed by atoms with Gasteiger partial charge in [0.15, 0.2) is 12.1 Å². The van der Waals surface area contributed by atoms with Crippen molar-refractivity contribution in [3.8, 4) is 16.9 Å². The zero-order valence-electron chi connectivity index (χ0n) is 12.0. The summed E-state index contributed by atoms with van der Waals surface area (Å²) < 4.78 is 0. The van der Waals surface area contributed by atoms with Crippen LogP contribution in [0.25, 0.3) is 21.9 Å². The Morgan fingerprint density at radius 3 is 2.50 bits per heavy atom. The Bertz CT molecular complexity index is 894. The van der Waals surface area contributed by atoms with E-state index in [1.54, 1.807) is 19.1 Å². The fourth-order valence-electron chi connectivity index (χ4n) is 2.56. The van der Waals surface area contributed by atoms with Gasteiger partial charge in [-0.3, -0.25) is 9.59 Å². The van der Waals surface area contributed by atoms with Gasteiger partial charge in [0.2, 0.25) is 0 Å². The smallest absolute Gasteiger partial charge is 0.159 e. The topological polar surface area (TPSA) is 54.4 Å². The summed E-state index contributed by atoms with van der Waals surface area (Å²) in [5, 5.41) is 11.3. The lowest BCUT2D eigenvalue weighted by molar-refractivity contribution is 0.101. The lowest BCUT2D eigenvalue weighted by Gasteiger charge is -2.08. The molecule has 0 unspecified atom stereocenters. The quantitative estimate of drug-likeness (QED) is 0.580. The Morgan fingerprint density at radius 1 is 1.00 bits per heavy atom. The molecule has 0 aliphatic carbocycles. The summed E-state index contributed by atoms with van der Waals surface area (Å²) in [5.74, 6) is 0.00429. The number of aromatic hydroxyl groups is 1. The van der Waals surface area contributed by atoms with Crippen molar-refractivity contribution in [2.45, 2.75) is 6.92 Å². The maximum Gasteiger partial charge on any atom is 0.159 e. The van der Waals surface area contributed by atoms with Crippen molar-refractivity contribution in [2.75, 3.05) is 0 Å². The van der Waals surface area contributed by atoms with Gasteiger partial charge in [0.05, 0.1) is 5.56 Å². The van der Waals surface area contributed by atoms with Crippen molar-refractivity contribution in [3.05, 3.63) is 65.7 Å². The number of fused-ring (bicyclic) bond motifs is 1. The first-order valence-electron chi connectivity index (χ1n) is 6.92. The molecule has 0 atom stereocenters. The second-order valence-electron chi connectivity index (χ2n) is 5.19. The van der Waals surface area contributed by atoms with E-state index >= 15 is 0 Å². The van der Waals surface area contributed by atoms with Gasteiger partial charge in [-0.25, -0.2) is 0 Å². The van der Waals surface area contributed by atoms with E-state index in [0.717, 1.165) is 16.5 Å². The van der Waals surface area contributed by atoms with Crippen LogP contribution < -0.4 is 0 Å². The fraction of sp³-hybridized carbons (Fsp3) is 0.0526. The largest absolute Gasteiger partial charge is 0.507 e. The van der Waals surface area contributed by atoms with Crippen LogP contribution >= 0.6 is 0 Å². The number of benzene rings is 3. The number of aldehydes is 1. The first-order chi connectivity index (χ1) is 10.6. The molecule has 0 aliphatic heterocycles. The second-order valence-corrected chi connectivity index (χ2v) is 5.19. The zero-order chi connectivity index (χ0) is 15.7. The molecule has 22 heavy (non-hydrogen) atoms. The Morgan fingerprint density at radius 2 is 1.77 bits per heavy atom. The molecule has 0 fully saturated rings. The van der Waals surface area contributed by atoms with Gasteiger partial charge in [0.1, 0.15) is 5.75 Å². The van der Waals surface area contributed by atoms with E-state index in [4.69, 9.17) is 0 Å². The highest BCUT2D eigenvalue weighted by atomic mass is 16.3. The van der Waals surface area contributed by atoms with E-state index < -0.39 is 0 Å². The van der Waals surface area contributed by atoms with E-state index in [-0.39, 0.29) is 11.5 Å². The Hall–Kier alpha value is -2.94. The Labute approximate surface area is 127 Å². The number of carbonyl (C=O) groups is 2. The van der Waals surface area contributed by atoms with Gasteiger partial charge >= 0.3 is 0 Å². The molecule has 3 aromatic carbocycles. The van der Waals surface area contributed by atoms with Gasteiger partial charge in [-0.15, -0.1) is 0 Å². The van der Waals surface area contributed by atoms with Gasteiger partial charge in [-0.05, 0) is 47.0 Å². The number of phenolic OH excluding ortho intramolecular Hbond substituents is 1. The normalized spacial score (nSPS) is 10.6. The molecule has 3 aromatic rings. The van der Waals surface area contributed by atoms with Crippen LogP contribution in [0.3, 0.4) is 0 Å². The number of ketones is 1. The highest BCUT2D eigenvalue weighted by Gasteiger charge is 2.08. The molecule has 0 radical (unpaired) electrons. The van der Waals surface area contributed by atoms with Crippen molar-refractivity contribution >= 4 is 22.8 Å². The first kappa shape index (κ1) is 14.0. The molecular weight excluding hydrogens is 276 g/mol. The van der Waals surface area contributed by atoms with Crippen LogP contribution in [0, 0.1) is 0 Å². The third-order valence-corrected chi connectivity index (χ3v) is 3.76. The monoisotopic (exact) mass is 290 g/mol. The van der Waals surface area contributed by atoms with Gasteiger partial charge in [-0.1, -0.05) is 36.4 Å². The van der Waals surface area contributed by atoms with Crippen LogP contribution in [-0.2, 0) is 0 Å². The number of hydrogen-bond acceptors (Lipinski definition) is 3. The molecule has 108 valence electrons. The second kappa shape index (κ2) is 5.45. The summed E-state index contributed by atoms with van der Waals surface area (Å²) in [6.07, 6.45) is 0.660. The number of carbonyl (C=O) groups excluding carboxylic acids is 2. The molecule has 0 aliphatic rings. The number of phenols is 1. The summed E-state index contributed by atoms with van der Waals surface area (Å²) >= 11 is 0. The van der Waals surface area contributed by atoms with E-state index in [2.05, 4.69) is 0 Å². The molecule has 0 heterocycles. The standard InChI is InChI=1S/C19H14O3/c1-12(21)13-3-2-4-14(9-13)15-5-7-17-16(10-15)6-8-19(22)18(17)11-20/h2-11,22H,1H3. The van der Waals surface area contributed by atoms with Crippen LogP contribution in [0.5, 0.6) is 5.75 Å². The van der Waals surface area contributed by atoms with Crippen molar-refractivity contribution in [1.82, 2.24) is 0 Å². The molecule has 3 nitrogen and oxygen atoms in total. The summed E-state index contributed by atoms with van der Waals surface area (Å²) in [6, 6.07) is 16.4. The van der Waals surface area contributed by atoms with E-state index in [9.17, 15) is 14.7 Å².